The maximum absolute atomic E-state index is 11.9. The van der Waals surface area contributed by atoms with Crippen LogP contribution in [0.3, 0.4) is 0 Å². The monoisotopic (exact) mass is 290 g/mol. The second kappa shape index (κ2) is 8.03. The van der Waals surface area contributed by atoms with Crippen LogP contribution in [0, 0.1) is 13.8 Å². The van der Waals surface area contributed by atoms with E-state index in [0.29, 0.717) is 19.1 Å². The first kappa shape index (κ1) is 15.8. The second-order valence-corrected chi connectivity index (χ2v) is 5.76. The molecule has 2 N–H and O–H groups in total. The fourth-order valence-electron chi connectivity index (χ4n) is 2.70. The van der Waals surface area contributed by atoms with E-state index in [2.05, 4.69) is 10.6 Å². The van der Waals surface area contributed by atoms with E-state index in [0.717, 1.165) is 49.2 Å². The molecule has 1 heterocycles. The Morgan fingerprint density at radius 2 is 1.95 bits per heavy atom. The van der Waals surface area contributed by atoms with Crippen LogP contribution >= 0.6 is 0 Å². The lowest BCUT2D eigenvalue weighted by Crippen LogP contribution is -2.42. The molecule has 0 saturated carbocycles. The van der Waals surface area contributed by atoms with Gasteiger partial charge in [-0.25, -0.2) is 0 Å². The number of piperidine rings is 1. The molecule has 1 aliphatic heterocycles. The Kier molecular flexibility index (Phi) is 6.05. The highest BCUT2D eigenvalue weighted by atomic mass is 16.5. The van der Waals surface area contributed by atoms with Crippen molar-refractivity contribution in [1.29, 1.82) is 0 Å². The number of aryl methyl sites for hydroxylation is 2. The van der Waals surface area contributed by atoms with Gasteiger partial charge in [0.05, 0.1) is 6.61 Å². The lowest BCUT2D eigenvalue weighted by atomic mass is 10.1. The minimum Gasteiger partial charge on any atom is -0.493 e. The SMILES string of the molecule is Cc1cccc(C)c1OCCCC(=O)NC1CCNCC1. The predicted molar refractivity (Wildman–Crippen MR) is 84.7 cm³/mol. The number of nitrogens with one attached hydrogen (secondary N) is 2. The van der Waals surface area contributed by atoms with Gasteiger partial charge in [-0.3, -0.25) is 4.79 Å². The van der Waals surface area contributed by atoms with E-state index in [1.807, 2.05) is 32.0 Å². The smallest absolute Gasteiger partial charge is 0.220 e. The van der Waals surface area contributed by atoms with Crippen LogP contribution in [0.25, 0.3) is 0 Å². The van der Waals surface area contributed by atoms with Crippen molar-refractivity contribution in [2.24, 2.45) is 0 Å². The van der Waals surface area contributed by atoms with Gasteiger partial charge in [-0.05, 0) is 57.3 Å². The van der Waals surface area contributed by atoms with Crippen molar-refractivity contribution < 1.29 is 9.53 Å². The molecule has 1 aromatic rings. The molecule has 1 aromatic carbocycles. The van der Waals surface area contributed by atoms with E-state index in [9.17, 15) is 4.79 Å². The summed E-state index contributed by atoms with van der Waals surface area (Å²) in [5.74, 6) is 1.10. The van der Waals surface area contributed by atoms with Gasteiger partial charge in [0.15, 0.2) is 0 Å². The van der Waals surface area contributed by atoms with E-state index in [1.54, 1.807) is 0 Å². The summed E-state index contributed by atoms with van der Waals surface area (Å²) in [6.07, 6.45) is 3.36. The molecule has 0 atom stereocenters. The topological polar surface area (TPSA) is 50.4 Å². The molecule has 1 fully saturated rings. The van der Waals surface area contributed by atoms with Crippen LogP contribution in [-0.4, -0.2) is 31.6 Å². The van der Waals surface area contributed by atoms with Crippen molar-refractivity contribution in [3.63, 3.8) is 0 Å². The molecule has 21 heavy (non-hydrogen) atoms. The lowest BCUT2D eigenvalue weighted by molar-refractivity contribution is -0.122. The van der Waals surface area contributed by atoms with Crippen LogP contribution in [-0.2, 0) is 4.79 Å². The average Bonchev–Trinajstić information content (AvgIpc) is 2.47. The molecule has 0 unspecified atom stereocenters. The molecule has 4 nitrogen and oxygen atoms in total. The Labute approximate surface area is 127 Å². The Bertz CT molecular complexity index is 448. The highest BCUT2D eigenvalue weighted by Gasteiger charge is 2.14. The first-order valence-corrected chi connectivity index (χ1v) is 7.86. The summed E-state index contributed by atoms with van der Waals surface area (Å²) in [5.41, 5.74) is 2.29. The molecule has 1 amide bonds. The van der Waals surface area contributed by atoms with E-state index >= 15 is 0 Å². The Hall–Kier alpha value is -1.55. The largest absolute Gasteiger partial charge is 0.493 e. The van der Waals surface area contributed by atoms with Crippen molar-refractivity contribution in [2.45, 2.75) is 45.6 Å². The molecular formula is C17H26N2O2. The Morgan fingerprint density at radius 3 is 2.62 bits per heavy atom. The molecule has 1 aliphatic rings. The zero-order valence-electron chi connectivity index (χ0n) is 13.1. The van der Waals surface area contributed by atoms with Gasteiger partial charge in [0, 0.05) is 12.5 Å². The molecule has 0 bridgehead atoms. The number of rotatable bonds is 6. The van der Waals surface area contributed by atoms with Gasteiger partial charge < -0.3 is 15.4 Å². The fraction of sp³-hybridized carbons (Fsp3) is 0.588. The highest BCUT2D eigenvalue weighted by molar-refractivity contribution is 5.76. The standard InChI is InChI=1S/C17H26N2O2/c1-13-5-3-6-14(2)17(13)21-12-4-7-16(20)19-15-8-10-18-11-9-15/h3,5-6,15,18H,4,7-12H2,1-2H3,(H,19,20). The molecule has 0 aliphatic carbocycles. The van der Waals surface area contributed by atoms with E-state index < -0.39 is 0 Å². The van der Waals surface area contributed by atoms with Crippen LogP contribution in [0.15, 0.2) is 18.2 Å². The average molecular weight is 290 g/mol. The highest BCUT2D eigenvalue weighted by Crippen LogP contribution is 2.22. The number of para-hydroxylation sites is 1. The van der Waals surface area contributed by atoms with Crippen LogP contribution in [0.1, 0.15) is 36.8 Å². The first-order valence-electron chi connectivity index (χ1n) is 7.86. The summed E-state index contributed by atoms with van der Waals surface area (Å²) in [4.78, 5) is 11.9. The van der Waals surface area contributed by atoms with E-state index in [-0.39, 0.29) is 5.91 Å². The first-order chi connectivity index (χ1) is 10.2. The number of carbonyl (C=O) groups is 1. The number of amides is 1. The van der Waals surface area contributed by atoms with Crippen molar-refractivity contribution in [3.05, 3.63) is 29.3 Å². The lowest BCUT2D eigenvalue weighted by Gasteiger charge is -2.23. The molecule has 116 valence electrons. The number of carbonyl (C=O) groups excluding carboxylic acids is 1. The van der Waals surface area contributed by atoms with Crippen molar-refractivity contribution in [2.75, 3.05) is 19.7 Å². The normalized spacial score (nSPS) is 15.7. The van der Waals surface area contributed by atoms with Crippen molar-refractivity contribution >= 4 is 5.91 Å². The molecule has 4 heteroatoms. The van der Waals surface area contributed by atoms with E-state index in [4.69, 9.17) is 4.74 Å². The van der Waals surface area contributed by atoms with Gasteiger partial charge in [0.25, 0.3) is 0 Å². The van der Waals surface area contributed by atoms with Crippen LogP contribution in [0.2, 0.25) is 0 Å². The Balaban J connectivity index is 1.66. The molecule has 0 spiro atoms. The zero-order chi connectivity index (χ0) is 15.1. The van der Waals surface area contributed by atoms with Crippen molar-refractivity contribution in [3.8, 4) is 5.75 Å². The van der Waals surface area contributed by atoms with Gasteiger partial charge >= 0.3 is 0 Å². The molecular weight excluding hydrogens is 264 g/mol. The summed E-state index contributed by atoms with van der Waals surface area (Å²) >= 11 is 0. The molecule has 2 rings (SSSR count). The minimum atomic E-state index is 0.145. The van der Waals surface area contributed by atoms with Gasteiger partial charge in [-0.2, -0.15) is 0 Å². The van der Waals surface area contributed by atoms with Gasteiger partial charge in [-0.15, -0.1) is 0 Å². The van der Waals surface area contributed by atoms with Crippen molar-refractivity contribution in [1.82, 2.24) is 10.6 Å². The summed E-state index contributed by atoms with van der Waals surface area (Å²) in [6.45, 7) is 6.69. The van der Waals surface area contributed by atoms with E-state index in [1.165, 1.54) is 0 Å². The van der Waals surface area contributed by atoms with Crippen LogP contribution < -0.4 is 15.4 Å². The predicted octanol–water partition coefficient (Wildman–Crippen LogP) is 2.33. The summed E-state index contributed by atoms with van der Waals surface area (Å²) in [7, 11) is 0. The zero-order valence-corrected chi connectivity index (χ0v) is 13.1. The van der Waals surface area contributed by atoms with Gasteiger partial charge in [-0.1, -0.05) is 18.2 Å². The minimum absolute atomic E-state index is 0.145. The maximum Gasteiger partial charge on any atom is 0.220 e. The van der Waals surface area contributed by atoms with Gasteiger partial charge in [0.1, 0.15) is 5.75 Å². The maximum atomic E-state index is 11.9. The third-order valence-electron chi connectivity index (χ3n) is 3.91. The number of hydrogen-bond acceptors (Lipinski definition) is 3. The number of ether oxygens (including phenoxy) is 1. The third-order valence-corrected chi connectivity index (χ3v) is 3.91. The fourth-order valence-corrected chi connectivity index (χ4v) is 2.70. The van der Waals surface area contributed by atoms with Crippen LogP contribution in [0.4, 0.5) is 0 Å². The summed E-state index contributed by atoms with van der Waals surface area (Å²) < 4.78 is 5.82. The van der Waals surface area contributed by atoms with Gasteiger partial charge in [0.2, 0.25) is 5.91 Å². The third kappa shape index (κ3) is 5.05. The summed E-state index contributed by atoms with van der Waals surface area (Å²) in [5, 5.41) is 6.40. The summed E-state index contributed by atoms with van der Waals surface area (Å²) in [6, 6.07) is 6.47. The molecule has 1 saturated heterocycles. The molecule has 0 radical (unpaired) electrons. The second-order valence-electron chi connectivity index (χ2n) is 5.76. The quantitative estimate of drug-likeness (QED) is 0.791. The Morgan fingerprint density at radius 1 is 1.29 bits per heavy atom. The number of hydrogen-bond donors (Lipinski definition) is 2. The number of benzene rings is 1. The molecule has 0 aromatic heterocycles. The van der Waals surface area contributed by atoms with Crippen LogP contribution in [0.5, 0.6) is 5.75 Å².